The van der Waals surface area contributed by atoms with Crippen LogP contribution in [0.15, 0.2) is 31.3 Å². The lowest BCUT2D eigenvalue weighted by molar-refractivity contribution is -0.114. The van der Waals surface area contributed by atoms with E-state index in [-0.39, 0.29) is 25.0 Å². The Hall–Kier alpha value is -0.200. The first-order valence-corrected chi connectivity index (χ1v) is 7.78. The molecule has 0 spiro atoms. The smallest absolute Gasteiger partial charge is 0.208 e. The summed E-state index contributed by atoms with van der Waals surface area (Å²) in [5.41, 5.74) is 0.363. The van der Waals surface area contributed by atoms with E-state index in [1.807, 2.05) is 24.9 Å². The summed E-state index contributed by atoms with van der Waals surface area (Å²) in [6, 6.07) is 0. The maximum Gasteiger partial charge on any atom is 0.208 e. The molecule has 0 bridgehead atoms. The van der Waals surface area contributed by atoms with E-state index in [1.165, 1.54) is 0 Å². The van der Waals surface area contributed by atoms with Crippen molar-refractivity contribution >= 4 is 59.4 Å². The first kappa shape index (κ1) is 15.9. The number of Topliss-reactive ketones (excluding diaryl/α,β-unsaturated/α-hetero) is 2. The Morgan fingerprint density at radius 1 is 0.944 bits per heavy atom. The van der Waals surface area contributed by atoms with E-state index in [0.717, 1.165) is 13.1 Å². The van der Waals surface area contributed by atoms with Gasteiger partial charge in [0, 0.05) is 18.7 Å². The molecule has 0 aliphatic heterocycles. The third-order valence-electron chi connectivity index (χ3n) is 2.54. The number of rotatable bonds is 4. The van der Waals surface area contributed by atoms with E-state index in [2.05, 4.69) is 47.8 Å². The number of carbonyl (C=O) groups excluding carboxylic acids is 2. The molecule has 0 saturated carbocycles. The number of halogens is 3. The van der Waals surface area contributed by atoms with E-state index < -0.39 is 0 Å². The van der Waals surface area contributed by atoms with Gasteiger partial charge in [-0.15, -0.1) is 0 Å². The highest BCUT2D eigenvalue weighted by molar-refractivity contribution is 9.15. The zero-order valence-electron chi connectivity index (χ0n) is 9.97. The van der Waals surface area contributed by atoms with Gasteiger partial charge in [-0.2, -0.15) is 0 Å². The monoisotopic (exact) mass is 439 g/mol. The second kappa shape index (κ2) is 6.82. The number of hydrogen-bond donors (Lipinski definition) is 0. The highest BCUT2D eigenvalue weighted by Crippen LogP contribution is 2.34. The lowest BCUT2D eigenvalue weighted by atomic mass is 10.0. The molecule has 0 aromatic rings. The van der Waals surface area contributed by atoms with Gasteiger partial charge in [-0.3, -0.25) is 9.59 Å². The Bertz CT molecular complexity index is 474. The molecule has 0 N–H and O–H groups in total. The van der Waals surface area contributed by atoms with Gasteiger partial charge in [0.05, 0.1) is 13.4 Å². The lowest BCUT2D eigenvalue weighted by Gasteiger charge is -2.17. The Kier molecular flexibility index (Phi) is 6.01. The number of nitrogens with zero attached hydrogens (tertiary/aromatic N) is 1. The average Bonchev–Trinajstić information content (AvgIpc) is 2.38. The maximum absolute atomic E-state index is 12.0. The Labute approximate surface area is 131 Å². The van der Waals surface area contributed by atoms with Crippen molar-refractivity contribution in [1.29, 1.82) is 0 Å². The molecule has 0 aromatic heterocycles. The molecule has 0 fully saturated rings. The van der Waals surface area contributed by atoms with Crippen LogP contribution in [0.3, 0.4) is 0 Å². The van der Waals surface area contributed by atoms with Gasteiger partial charge >= 0.3 is 0 Å². The fourth-order valence-electron chi connectivity index (χ4n) is 1.40. The van der Waals surface area contributed by atoms with Crippen LogP contribution in [0.5, 0.6) is 0 Å². The van der Waals surface area contributed by atoms with Crippen molar-refractivity contribution < 1.29 is 9.59 Å². The molecule has 98 valence electrons. The van der Waals surface area contributed by atoms with Crippen LogP contribution in [0.4, 0.5) is 0 Å². The van der Waals surface area contributed by atoms with Crippen molar-refractivity contribution in [2.45, 2.75) is 13.8 Å². The van der Waals surface area contributed by atoms with Gasteiger partial charge in [-0.25, -0.2) is 0 Å². The van der Waals surface area contributed by atoms with Crippen molar-refractivity contribution in [3.8, 4) is 0 Å². The van der Waals surface area contributed by atoms with E-state index >= 15 is 0 Å². The minimum Gasteiger partial charge on any atom is -0.378 e. The molecular weight excluding hydrogens is 430 g/mol. The average molecular weight is 442 g/mol. The first-order valence-electron chi connectivity index (χ1n) is 5.40. The van der Waals surface area contributed by atoms with Crippen LogP contribution >= 0.6 is 47.8 Å². The largest absolute Gasteiger partial charge is 0.378 e. The maximum atomic E-state index is 12.0. The molecule has 1 aliphatic rings. The quantitative estimate of drug-likeness (QED) is 0.625. The molecule has 0 saturated heterocycles. The molecule has 18 heavy (non-hydrogen) atoms. The normalized spacial score (nSPS) is 17.2. The van der Waals surface area contributed by atoms with E-state index in [1.54, 1.807) is 6.08 Å². The lowest BCUT2D eigenvalue weighted by Crippen LogP contribution is -2.18. The summed E-state index contributed by atoms with van der Waals surface area (Å²) >= 11 is 9.40. The van der Waals surface area contributed by atoms with Crippen LogP contribution in [0.2, 0.25) is 0 Å². The molecule has 3 nitrogen and oxygen atoms in total. The van der Waals surface area contributed by atoms with E-state index in [9.17, 15) is 9.59 Å². The van der Waals surface area contributed by atoms with E-state index in [4.69, 9.17) is 0 Å². The molecule has 0 heterocycles. The Morgan fingerprint density at radius 2 is 1.44 bits per heavy atom. The zero-order valence-corrected chi connectivity index (χ0v) is 14.7. The van der Waals surface area contributed by atoms with Crippen LogP contribution in [-0.2, 0) is 9.59 Å². The summed E-state index contributed by atoms with van der Waals surface area (Å²) in [5, 5.41) is 0. The van der Waals surface area contributed by atoms with Gasteiger partial charge in [-0.1, -0.05) is 0 Å². The molecule has 6 heteroatoms. The Morgan fingerprint density at radius 3 is 1.94 bits per heavy atom. The molecular formula is C12H12Br3NO2. The van der Waals surface area contributed by atoms with Crippen LogP contribution in [0.25, 0.3) is 0 Å². The van der Waals surface area contributed by atoms with Crippen molar-refractivity contribution in [1.82, 2.24) is 4.90 Å². The van der Waals surface area contributed by atoms with Crippen LogP contribution < -0.4 is 0 Å². The first-order chi connectivity index (χ1) is 8.43. The third kappa shape index (κ3) is 3.22. The second-order valence-electron chi connectivity index (χ2n) is 3.55. The summed E-state index contributed by atoms with van der Waals surface area (Å²) in [6.07, 6.45) is 3.49. The van der Waals surface area contributed by atoms with Gasteiger partial charge in [0.1, 0.15) is 0 Å². The van der Waals surface area contributed by atoms with Crippen LogP contribution in [0, 0.1) is 0 Å². The van der Waals surface area contributed by atoms with Gasteiger partial charge in [0.2, 0.25) is 11.6 Å². The third-order valence-corrected chi connectivity index (χ3v) is 5.37. The number of carbonyl (C=O) groups is 2. The minimum absolute atomic E-state index is 0.211. The van der Waals surface area contributed by atoms with Crippen molar-refractivity contribution in [2.24, 2.45) is 0 Å². The van der Waals surface area contributed by atoms with Crippen LogP contribution in [-0.4, -0.2) is 29.6 Å². The van der Waals surface area contributed by atoms with Gasteiger partial charge < -0.3 is 4.90 Å². The van der Waals surface area contributed by atoms with Gasteiger partial charge in [-0.05, 0) is 73.9 Å². The fraction of sp³-hybridized carbons (Fsp3) is 0.333. The molecule has 1 aliphatic carbocycles. The highest BCUT2D eigenvalue weighted by atomic mass is 79.9. The summed E-state index contributed by atoms with van der Waals surface area (Å²) in [7, 11) is 0. The van der Waals surface area contributed by atoms with Crippen molar-refractivity contribution in [3.05, 3.63) is 31.3 Å². The molecule has 0 aromatic carbocycles. The van der Waals surface area contributed by atoms with Crippen LogP contribution in [0.1, 0.15) is 13.8 Å². The minimum atomic E-state index is -0.235. The summed E-state index contributed by atoms with van der Waals surface area (Å²) in [5.74, 6) is -0.447. The molecule has 0 radical (unpaired) electrons. The predicted molar refractivity (Wildman–Crippen MR) is 82.9 cm³/mol. The summed E-state index contributed by atoms with van der Waals surface area (Å²) in [6.45, 7) is 5.75. The van der Waals surface area contributed by atoms with E-state index in [0.29, 0.717) is 5.57 Å². The Balaban J connectivity index is 3.09. The number of ketones is 2. The number of allylic oxidation sites excluding steroid dienone is 5. The summed E-state index contributed by atoms with van der Waals surface area (Å²) in [4.78, 5) is 25.9. The predicted octanol–water partition coefficient (Wildman–Crippen LogP) is 3.64. The fourth-order valence-corrected chi connectivity index (χ4v) is 2.95. The van der Waals surface area contributed by atoms with Gasteiger partial charge in [0.15, 0.2) is 0 Å². The zero-order chi connectivity index (χ0) is 13.9. The molecule has 0 unspecified atom stereocenters. The SMILES string of the molecule is CCN(/C=C/C1=C(Br)C(=O)C(Br)=C(Br)C1=O)CC. The summed E-state index contributed by atoms with van der Waals surface area (Å²) < 4.78 is 0.792. The standard InChI is InChI=1S/C12H12Br3NO2/c1-3-16(4-2)6-5-7-8(13)12(18)10(15)9(14)11(7)17/h5-6H,3-4H2,1-2H3/b6-5+. The topological polar surface area (TPSA) is 37.4 Å². The van der Waals surface area contributed by atoms with Crippen molar-refractivity contribution in [3.63, 3.8) is 0 Å². The van der Waals surface area contributed by atoms with Crippen molar-refractivity contribution in [2.75, 3.05) is 13.1 Å². The second-order valence-corrected chi connectivity index (χ2v) is 5.93. The van der Waals surface area contributed by atoms with Gasteiger partial charge in [0.25, 0.3) is 0 Å². The molecule has 1 rings (SSSR count). The molecule has 0 atom stereocenters. The number of hydrogen-bond acceptors (Lipinski definition) is 3. The molecule has 0 amide bonds. The highest BCUT2D eigenvalue weighted by Gasteiger charge is 2.29.